The maximum atomic E-state index is 13.1. The van der Waals surface area contributed by atoms with Gasteiger partial charge < -0.3 is 24.8 Å². The summed E-state index contributed by atoms with van der Waals surface area (Å²) in [6.07, 6.45) is 1.67. The summed E-state index contributed by atoms with van der Waals surface area (Å²) in [5.41, 5.74) is 7.78. The highest BCUT2D eigenvalue weighted by atomic mass is 16.5. The summed E-state index contributed by atoms with van der Waals surface area (Å²) in [4.78, 5) is 31.5. The third-order valence-electron chi connectivity index (χ3n) is 6.61. The third kappa shape index (κ3) is 7.32. The lowest BCUT2D eigenvalue weighted by molar-refractivity contribution is -0.156. The van der Waals surface area contributed by atoms with Crippen LogP contribution in [-0.4, -0.2) is 55.0 Å². The molecule has 1 aliphatic rings. The number of nitrogens with zero attached hydrogens (tertiary/aromatic N) is 2. The Morgan fingerprint density at radius 3 is 2.43 bits per heavy atom. The van der Waals surface area contributed by atoms with Crippen LogP contribution in [0.25, 0.3) is 0 Å². The molecular formula is C29H39N3O5. The number of hydrogen-bond donors (Lipinski definition) is 1. The van der Waals surface area contributed by atoms with Gasteiger partial charge in [-0.15, -0.1) is 0 Å². The molecule has 1 heterocycles. The molecule has 2 N–H and O–H groups in total. The highest BCUT2D eigenvalue weighted by Gasteiger charge is 2.34. The number of aliphatic imine (C=N–C) groups is 1. The van der Waals surface area contributed by atoms with E-state index in [0.29, 0.717) is 18.0 Å². The van der Waals surface area contributed by atoms with Gasteiger partial charge in [0.15, 0.2) is 6.04 Å². The van der Waals surface area contributed by atoms with Gasteiger partial charge >= 0.3 is 5.97 Å². The molecule has 3 rings (SSSR count). The van der Waals surface area contributed by atoms with Gasteiger partial charge in [-0.2, -0.15) is 0 Å². The van der Waals surface area contributed by atoms with Crippen molar-refractivity contribution in [2.45, 2.75) is 64.5 Å². The molecule has 37 heavy (non-hydrogen) atoms. The topological polar surface area (TPSA) is 103 Å². The van der Waals surface area contributed by atoms with Crippen molar-refractivity contribution in [3.05, 3.63) is 54.1 Å². The van der Waals surface area contributed by atoms with E-state index in [1.54, 1.807) is 7.05 Å². The highest BCUT2D eigenvalue weighted by Crippen LogP contribution is 2.43. The molecule has 2 aromatic rings. The lowest BCUT2D eigenvalue weighted by atomic mass is 9.81. The minimum absolute atomic E-state index is 0.0649. The molecule has 0 radical (unpaired) electrons. The summed E-state index contributed by atoms with van der Waals surface area (Å²) in [5.74, 6) is 1.34. The molecule has 2 aromatic carbocycles. The van der Waals surface area contributed by atoms with Crippen molar-refractivity contribution >= 4 is 23.4 Å². The second-order valence-corrected chi connectivity index (χ2v) is 10.3. The average molecular weight is 510 g/mol. The van der Waals surface area contributed by atoms with Gasteiger partial charge in [-0.05, 0) is 69.0 Å². The van der Waals surface area contributed by atoms with Crippen LogP contribution in [-0.2, 0) is 19.1 Å². The minimum Gasteiger partial charge on any atom is -0.467 e. The number of likely N-dealkylation sites (N-methyl/N-ethyl adjacent to an activating group) is 1. The summed E-state index contributed by atoms with van der Waals surface area (Å²) in [6.45, 7) is 7.85. The number of carbonyl (C=O) groups is 2. The van der Waals surface area contributed by atoms with Crippen LogP contribution in [0.1, 0.15) is 58.4 Å². The number of amides is 1. The number of para-hydroxylation sites is 1. The molecule has 8 nitrogen and oxygen atoms in total. The van der Waals surface area contributed by atoms with E-state index in [2.05, 4.69) is 11.9 Å². The number of carbonyl (C=O) groups excluding carboxylic acids is 2. The quantitative estimate of drug-likeness (QED) is 0.418. The van der Waals surface area contributed by atoms with Gasteiger partial charge in [0.1, 0.15) is 17.3 Å². The highest BCUT2D eigenvalue weighted by molar-refractivity contribution is 5.95. The number of methoxy groups -OCH3 is 1. The first kappa shape index (κ1) is 28.2. The van der Waals surface area contributed by atoms with Gasteiger partial charge in [-0.3, -0.25) is 4.79 Å². The second kappa shape index (κ2) is 12.2. The molecule has 0 spiro atoms. The third-order valence-corrected chi connectivity index (χ3v) is 6.61. The first-order chi connectivity index (χ1) is 17.5. The average Bonchev–Trinajstić information content (AvgIpc) is 3.19. The Labute approximate surface area is 219 Å². The van der Waals surface area contributed by atoms with E-state index in [4.69, 9.17) is 19.9 Å². The van der Waals surface area contributed by atoms with E-state index in [0.717, 1.165) is 23.4 Å². The van der Waals surface area contributed by atoms with E-state index < -0.39 is 17.6 Å². The number of benzene rings is 2. The van der Waals surface area contributed by atoms with Crippen LogP contribution >= 0.6 is 0 Å². The van der Waals surface area contributed by atoms with Crippen molar-refractivity contribution in [3.8, 4) is 11.5 Å². The smallest absolute Gasteiger partial charge is 0.330 e. The number of nitrogens with two attached hydrogens (primary N) is 1. The fraction of sp³-hybridized carbons (Fsp3) is 0.483. The fourth-order valence-corrected chi connectivity index (χ4v) is 4.50. The first-order valence-corrected chi connectivity index (χ1v) is 12.7. The fourth-order valence-electron chi connectivity index (χ4n) is 4.50. The van der Waals surface area contributed by atoms with Gasteiger partial charge in [0, 0.05) is 19.4 Å². The molecule has 1 aliphatic heterocycles. The minimum atomic E-state index is -0.812. The number of hydrogen-bond acceptors (Lipinski definition) is 7. The predicted octanol–water partition coefficient (Wildman–Crippen LogP) is 5.19. The molecule has 0 fully saturated rings. The Balaban J connectivity index is 1.70. The zero-order chi connectivity index (χ0) is 27.2. The maximum Gasteiger partial charge on any atom is 0.330 e. The first-order valence-electron chi connectivity index (χ1n) is 12.7. The molecule has 200 valence electrons. The summed E-state index contributed by atoms with van der Waals surface area (Å²) in [7, 11) is 2.93. The lowest BCUT2D eigenvalue weighted by Gasteiger charge is -2.30. The lowest BCUT2D eigenvalue weighted by Crippen LogP contribution is -2.47. The van der Waals surface area contributed by atoms with Crippen molar-refractivity contribution in [2.75, 3.05) is 20.8 Å². The van der Waals surface area contributed by atoms with Gasteiger partial charge in [0.2, 0.25) is 5.91 Å². The Bertz CT molecular complexity index is 1110. The van der Waals surface area contributed by atoms with Crippen LogP contribution in [0.4, 0.5) is 5.69 Å². The van der Waals surface area contributed by atoms with E-state index in [1.807, 2.05) is 69.3 Å². The van der Waals surface area contributed by atoms with Crippen molar-refractivity contribution in [3.63, 3.8) is 0 Å². The molecular weight excluding hydrogens is 470 g/mol. The van der Waals surface area contributed by atoms with E-state index in [-0.39, 0.29) is 30.8 Å². The van der Waals surface area contributed by atoms with Gasteiger partial charge in [-0.1, -0.05) is 31.5 Å². The van der Waals surface area contributed by atoms with Crippen molar-refractivity contribution in [2.24, 2.45) is 16.6 Å². The number of esters is 1. The Kier molecular flexibility index (Phi) is 9.32. The number of fused-ring (bicyclic) bond motifs is 1. The van der Waals surface area contributed by atoms with Crippen LogP contribution in [0, 0.1) is 5.92 Å². The molecule has 0 saturated carbocycles. The van der Waals surface area contributed by atoms with Crippen LogP contribution in [0.15, 0.2) is 53.5 Å². The zero-order valence-electron chi connectivity index (χ0n) is 22.7. The molecule has 1 amide bonds. The molecule has 8 heteroatoms. The molecule has 0 aromatic heterocycles. The summed E-state index contributed by atoms with van der Waals surface area (Å²) in [5, 5.41) is 0. The standard InChI is InChI=1S/C29H39N3O5/c1-7-19(13-16-25(33)32(5)24(28(34)35-6)18-36-29(2,3)4)26-22-17-21(14-15-23(22)31-27(26)30)37-20-11-9-8-10-12-20/h8-12,14-15,17,19,24,26H,7,13,16,18H2,1-6H3,(H2,30,31). The Hall–Kier alpha value is -3.39. The van der Waals surface area contributed by atoms with Crippen molar-refractivity contribution < 1.29 is 23.8 Å². The molecule has 3 atom stereocenters. The van der Waals surface area contributed by atoms with E-state index >= 15 is 0 Å². The monoisotopic (exact) mass is 509 g/mol. The maximum absolute atomic E-state index is 13.1. The number of ether oxygens (including phenoxy) is 3. The van der Waals surface area contributed by atoms with Crippen LogP contribution in [0.3, 0.4) is 0 Å². The van der Waals surface area contributed by atoms with Crippen molar-refractivity contribution in [1.82, 2.24) is 4.90 Å². The molecule has 0 bridgehead atoms. The Morgan fingerprint density at radius 1 is 1.11 bits per heavy atom. The normalized spacial score (nSPS) is 16.4. The number of rotatable bonds is 11. The molecule has 0 aliphatic carbocycles. The van der Waals surface area contributed by atoms with Crippen molar-refractivity contribution in [1.29, 1.82) is 0 Å². The summed E-state index contributed by atoms with van der Waals surface area (Å²) >= 11 is 0. The summed E-state index contributed by atoms with van der Waals surface area (Å²) < 4.78 is 16.7. The van der Waals surface area contributed by atoms with Gasteiger partial charge in [-0.25, -0.2) is 9.79 Å². The number of amidine groups is 1. The van der Waals surface area contributed by atoms with Gasteiger partial charge in [0.05, 0.1) is 25.0 Å². The predicted molar refractivity (Wildman–Crippen MR) is 144 cm³/mol. The van der Waals surface area contributed by atoms with Gasteiger partial charge in [0.25, 0.3) is 0 Å². The Morgan fingerprint density at radius 2 is 1.81 bits per heavy atom. The van der Waals surface area contributed by atoms with E-state index in [9.17, 15) is 9.59 Å². The summed E-state index contributed by atoms with van der Waals surface area (Å²) in [6, 6.07) is 14.6. The van der Waals surface area contributed by atoms with E-state index in [1.165, 1.54) is 12.0 Å². The second-order valence-electron chi connectivity index (χ2n) is 10.3. The zero-order valence-corrected chi connectivity index (χ0v) is 22.7. The van der Waals surface area contributed by atoms with Crippen LogP contribution in [0.5, 0.6) is 11.5 Å². The molecule has 3 unspecified atom stereocenters. The van der Waals surface area contributed by atoms with Crippen LogP contribution in [0.2, 0.25) is 0 Å². The SMILES string of the molecule is CCC(CCC(=O)N(C)C(COC(C)(C)C)C(=O)OC)C1C(N)=Nc2ccc(Oc3ccccc3)cc21. The largest absolute Gasteiger partial charge is 0.467 e. The van der Waals surface area contributed by atoms with Crippen LogP contribution < -0.4 is 10.5 Å². The molecule has 0 saturated heterocycles.